The lowest BCUT2D eigenvalue weighted by Crippen LogP contribution is -2.00. The summed E-state index contributed by atoms with van der Waals surface area (Å²) in [6.45, 7) is 0. The lowest BCUT2D eigenvalue weighted by molar-refractivity contribution is 0.669. The van der Waals surface area contributed by atoms with Gasteiger partial charge < -0.3 is 8.98 Å². The summed E-state index contributed by atoms with van der Waals surface area (Å²) >= 11 is 1.85. The number of hydrogen-bond donors (Lipinski definition) is 0. The van der Waals surface area contributed by atoms with Crippen molar-refractivity contribution in [2.24, 2.45) is 0 Å². The SMILES string of the molecule is c1ccc(-c2nc(-c3ccccc3)nc(-c3ccc4c(c3)oc3cc(-c5ccc6sc7cccc(-n8c9ccccc9c9ccccc98)c7c6c5)ccc34)n2)cc1. The van der Waals surface area contributed by atoms with Gasteiger partial charge in [-0.15, -0.1) is 11.3 Å². The first-order valence-corrected chi connectivity index (χ1v) is 19.8. The van der Waals surface area contributed by atoms with E-state index >= 15 is 0 Å². The Morgan fingerprint density at radius 3 is 1.54 bits per heavy atom. The van der Waals surface area contributed by atoms with Gasteiger partial charge >= 0.3 is 0 Å². The Kier molecular flexibility index (Phi) is 7.03. The number of nitrogens with zero attached hydrogens (tertiary/aromatic N) is 4. The highest BCUT2D eigenvalue weighted by molar-refractivity contribution is 7.25. The van der Waals surface area contributed by atoms with Crippen LogP contribution >= 0.6 is 11.3 Å². The van der Waals surface area contributed by atoms with Crippen LogP contribution < -0.4 is 0 Å². The van der Waals surface area contributed by atoms with Crippen LogP contribution in [0.1, 0.15) is 0 Å². The van der Waals surface area contributed by atoms with E-state index < -0.39 is 0 Å². The van der Waals surface area contributed by atoms with Crippen molar-refractivity contribution in [2.45, 2.75) is 0 Å². The monoisotopic (exact) mass is 746 g/mol. The van der Waals surface area contributed by atoms with E-state index in [2.05, 4.69) is 120 Å². The predicted molar refractivity (Wildman–Crippen MR) is 236 cm³/mol. The molecule has 0 radical (unpaired) electrons. The molecule has 0 aliphatic heterocycles. The molecule has 0 aliphatic rings. The number of benzene rings is 8. The van der Waals surface area contributed by atoms with E-state index in [0.717, 1.165) is 49.8 Å². The van der Waals surface area contributed by atoms with E-state index in [-0.39, 0.29) is 0 Å². The third-order valence-corrected chi connectivity index (χ3v) is 12.2. The second-order valence-corrected chi connectivity index (χ2v) is 15.5. The maximum absolute atomic E-state index is 6.63. The molecule has 57 heavy (non-hydrogen) atoms. The van der Waals surface area contributed by atoms with Crippen molar-refractivity contribution in [3.63, 3.8) is 0 Å². The number of hydrogen-bond acceptors (Lipinski definition) is 5. The van der Waals surface area contributed by atoms with E-state index in [4.69, 9.17) is 19.4 Å². The van der Waals surface area contributed by atoms with Crippen molar-refractivity contribution in [1.29, 1.82) is 0 Å². The molecule has 6 heteroatoms. The van der Waals surface area contributed by atoms with E-state index in [1.54, 1.807) is 0 Å². The molecule has 4 heterocycles. The lowest BCUT2D eigenvalue weighted by Gasteiger charge is -2.10. The number of furan rings is 1. The van der Waals surface area contributed by atoms with E-state index in [1.165, 1.54) is 47.7 Å². The van der Waals surface area contributed by atoms with Crippen LogP contribution in [0, 0.1) is 0 Å². The molecule has 0 saturated carbocycles. The summed E-state index contributed by atoms with van der Waals surface area (Å²) in [6, 6.07) is 63.9. The minimum Gasteiger partial charge on any atom is -0.456 e. The van der Waals surface area contributed by atoms with E-state index in [0.29, 0.717) is 17.5 Å². The minimum absolute atomic E-state index is 0.599. The molecule has 12 aromatic rings. The van der Waals surface area contributed by atoms with Crippen LogP contribution in [0.5, 0.6) is 0 Å². The van der Waals surface area contributed by atoms with Crippen molar-refractivity contribution in [2.75, 3.05) is 0 Å². The number of fused-ring (bicyclic) bond motifs is 9. The topological polar surface area (TPSA) is 56.7 Å². The molecule has 266 valence electrons. The second kappa shape index (κ2) is 12.6. The molecule has 0 spiro atoms. The van der Waals surface area contributed by atoms with Gasteiger partial charge in [-0.25, -0.2) is 15.0 Å². The first-order chi connectivity index (χ1) is 28.2. The Labute approximate surface area is 330 Å². The average molecular weight is 747 g/mol. The Bertz CT molecular complexity index is 3420. The second-order valence-electron chi connectivity index (χ2n) is 14.4. The molecule has 0 bridgehead atoms. The fraction of sp³-hybridized carbons (Fsp3) is 0. The van der Waals surface area contributed by atoms with Crippen LogP contribution in [-0.4, -0.2) is 19.5 Å². The van der Waals surface area contributed by atoms with Gasteiger partial charge in [-0.2, -0.15) is 0 Å². The number of para-hydroxylation sites is 2. The molecule has 0 N–H and O–H groups in total. The molecule has 8 aromatic carbocycles. The van der Waals surface area contributed by atoms with Gasteiger partial charge in [0.1, 0.15) is 11.2 Å². The molecule has 5 nitrogen and oxygen atoms in total. The number of aromatic nitrogens is 4. The summed E-state index contributed by atoms with van der Waals surface area (Å²) in [6.07, 6.45) is 0. The maximum Gasteiger partial charge on any atom is 0.164 e. The zero-order valence-electron chi connectivity index (χ0n) is 30.4. The van der Waals surface area contributed by atoms with Crippen LogP contribution in [0.3, 0.4) is 0 Å². The van der Waals surface area contributed by atoms with Crippen molar-refractivity contribution < 1.29 is 4.42 Å². The van der Waals surface area contributed by atoms with Crippen LogP contribution in [0.25, 0.3) is 115 Å². The highest BCUT2D eigenvalue weighted by atomic mass is 32.1. The number of rotatable bonds is 5. The van der Waals surface area contributed by atoms with Gasteiger partial charge in [-0.05, 0) is 71.8 Å². The molecule has 4 aromatic heterocycles. The summed E-state index contributed by atoms with van der Waals surface area (Å²) in [4.78, 5) is 14.7. The summed E-state index contributed by atoms with van der Waals surface area (Å²) in [7, 11) is 0. The van der Waals surface area contributed by atoms with Gasteiger partial charge in [0.25, 0.3) is 0 Å². The average Bonchev–Trinajstić information content (AvgIpc) is 3.95. The molecule has 0 amide bonds. The van der Waals surface area contributed by atoms with Gasteiger partial charge in [0.15, 0.2) is 17.5 Å². The first kappa shape index (κ1) is 31.9. The van der Waals surface area contributed by atoms with E-state index in [1.807, 2.05) is 78.1 Å². The van der Waals surface area contributed by atoms with E-state index in [9.17, 15) is 0 Å². The first-order valence-electron chi connectivity index (χ1n) is 19.0. The number of thiophene rings is 1. The van der Waals surface area contributed by atoms with Crippen molar-refractivity contribution in [3.05, 3.63) is 182 Å². The van der Waals surface area contributed by atoms with Gasteiger partial charge in [0.2, 0.25) is 0 Å². The maximum atomic E-state index is 6.63. The van der Waals surface area contributed by atoms with Crippen LogP contribution in [0.2, 0.25) is 0 Å². The fourth-order valence-electron chi connectivity index (χ4n) is 8.39. The van der Waals surface area contributed by atoms with Gasteiger partial charge in [-0.3, -0.25) is 0 Å². The largest absolute Gasteiger partial charge is 0.456 e. The van der Waals surface area contributed by atoms with Gasteiger partial charge in [0, 0.05) is 58.4 Å². The van der Waals surface area contributed by atoms with Crippen LogP contribution in [0.15, 0.2) is 186 Å². The zero-order chi connectivity index (χ0) is 37.5. The molecule has 12 rings (SSSR count). The molecule has 0 unspecified atom stereocenters. The van der Waals surface area contributed by atoms with Gasteiger partial charge in [-0.1, -0.05) is 121 Å². The summed E-state index contributed by atoms with van der Waals surface area (Å²) in [5.74, 6) is 1.86. The predicted octanol–water partition coefficient (Wildman–Crippen LogP) is 13.9. The fourth-order valence-corrected chi connectivity index (χ4v) is 9.50. The quantitative estimate of drug-likeness (QED) is 0.176. The molecular formula is C51H30N4OS. The third-order valence-electron chi connectivity index (χ3n) is 11.1. The van der Waals surface area contributed by atoms with Crippen molar-refractivity contribution >= 4 is 75.3 Å². The normalized spacial score (nSPS) is 11.9. The van der Waals surface area contributed by atoms with Gasteiger partial charge in [0.05, 0.1) is 16.7 Å². The standard InChI is InChI=1S/C51H30N4OS/c1-3-12-31(13-4-1)49-52-50(32-14-5-2-6-15-32)54-51(53-49)35-23-26-39-38-25-22-34(29-44(38)56-45(39)30-35)33-24-27-46-40(28-33)48-43(20-11-21-47(48)57-46)55-41-18-9-7-16-36(41)37-17-8-10-19-42(37)55/h1-30H. The summed E-state index contributed by atoms with van der Waals surface area (Å²) < 4.78 is 11.6. The molecule has 0 saturated heterocycles. The third kappa shape index (κ3) is 5.12. The summed E-state index contributed by atoms with van der Waals surface area (Å²) in [5, 5.41) is 7.17. The van der Waals surface area contributed by atoms with Crippen molar-refractivity contribution in [1.82, 2.24) is 19.5 Å². The molecule has 0 atom stereocenters. The molecular weight excluding hydrogens is 717 g/mol. The molecule has 0 aliphatic carbocycles. The Hall–Kier alpha value is -7.41. The Balaban J connectivity index is 0.973. The Morgan fingerprint density at radius 1 is 0.368 bits per heavy atom. The molecule has 0 fully saturated rings. The minimum atomic E-state index is 0.599. The summed E-state index contributed by atoms with van der Waals surface area (Å²) in [5.41, 5.74) is 10.2. The zero-order valence-corrected chi connectivity index (χ0v) is 31.2. The smallest absolute Gasteiger partial charge is 0.164 e. The van der Waals surface area contributed by atoms with Crippen LogP contribution in [0.4, 0.5) is 0 Å². The lowest BCUT2D eigenvalue weighted by atomic mass is 10.0. The highest BCUT2D eigenvalue weighted by Gasteiger charge is 2.18. The van der Waals surface area contributed by atoms with Crippen molar-refractivity contribution in [3.8, 4) is 51.0 Å². The van der Waals surface area contributed by atoms with Crippen LogP contribution in [-0.2, 0) is 0 Å². The highest BCUT2D eigenvalue weighted by Crippen LogP contribution is 2.43. The Morgan fingerprint density at radius 2 is 0.895 bits per heavy atom.